The van der Waals surface area contributed by atoms with Gasteiger partial charge in [0.05, 0.1) is 13.5 Å². The van der Waals surface area contributed by atoms with Gasteiger partial charge in [-0.25, -0.2) is 4.79 Å². The smallest absolute Gasteiger partial charge is 0.387 e. The first-order chi connectivity index (χ1) is 10.8. The van der Waals surface area contributed by atoms with Gasteiger partial charge in [0.2, 0.25) is 5.91 Å². The molecule has 0 aromatic heterocycles. The van der Waals surface area contributed by atoms with E-state index in [4.69, 9.17) is 0 Å². The van der Waals surface area contributed by atoms with Crippen LogP contribution >= 0.6 is 0 Å². The summed E-state index contributed by atoms with van der Waals surface area (Å²) in [4.78, 5) is 23.7. The van der Waals surface area contributed by atoms with E-state index in [2.05, 4.69) is 14.8 Å². The molecule has 0 saturated carbocycles. The molecule has 0 bridgehead atoms. The first-order valence-electron chi connectivity index (χ1n) is 7.22. The summed E-state index contributed by atoms with van der Waals surface area (Å²) in [6.45, 7) is 0.981. The average Bonchev–Trinajstić information content (AvgIpc) is 2.46. The minimum atomic E-state index is -2.89. The number of halogens is 2. The van der Waals surface area contributed by atoms with Gasteiger partial charge in [-0.2, -0.15) is 8.78 Å². The standard InChI is InChI=1S/C16H21F2NO4/c1-10(2)8-13(15(21)22-3)19-14(20)9-11-4-6-12(7-5-11)23-16(17)18/h4-7,10,13,16H,8-9H2,1-3H3,(H,19,20). The van der Waals surface area contributed by atoms with Gasteiger partial charge < -0.3 is 14.8 Å². The number of ether oxygens (including phenoxy) is 2. The van der Waals surface area contributed by atoms with Crippen LogP contribution in [0.4, 0.5) is 8.78 Å². The van der Waals surface area contributed by atoms with E-state index in [1.165, 1.54) is 31.4 Å². The number of alkyl halides is 2. The molecule has 0 radical (unpaired) electrons. The zero-order chi connectivity index (χ0) is 17.4. The highest BCUT2D eigenvalue weighted by atomic mass is 19.3. The lowest BCUT2D eigenvalue weighted by atomic mass is 10.0. The lowest BCUT2D eigenvalue weighted by Crippen LogP contribution is -2.43. The number of esters is 1. The lowest BCUT2D eigenvalue weighted by Gasteiger charge is -2.18. The molecule has 1 aromatic carbocycles. The summed E-state index contributed by atoms with van der Waals surface area (Å²) in [5.41, 5.74) is 0.622. The highest BCUT2D eigenvalue weighted by molar-refractivity contribution is 5.85. The van der Waals surface area contributed by atoms with E-state index < -0.39 is 18.6 Å². The van der Waals surface area contributed by atoms with E-state index in [0.717, 1.165) is 0 Å². The fraction of sp³-hybridized carbons (Fsp3) is 0.500. The number of amides is 1. The fourth-order valence-electron chi connectivity index (χ4n) is 2.05. The van der Waals surface area contributed by atoms with Crippen LogP contribution in [0, 0.1) is 5.92 Å². The molecule has 0 fully saturated rings. The lowest BCUT2D eigenvalue weighted by molar-refractivity contribution is -0.145. The van der Waals surface area contributed by atoms with Crippen molar-refractivity contribution in [3.63, 3.8) is 0 Å². The van der Waals surface area contributed by atoms with Gasteiger partial charge >= 0.3 is 12.6 Å². The van der Waals surface area contributed by atoms with Crippen molar-refractivity contribution in [1.29, 1.82) is 0 Å². The van der Waals surface area contributed by atoms with Crippen molar-refractivity contribution in [3.05, 3.63) is 29.8 Å². The summed E-state index contributed by atoms with van der Waals surface area (Å²) in [7, 11) is 1.27. The Hall–Kier alpha value is -2.18. The maximum Gasteiger partial charge on any atom is 0.387 e. The topological polar surface area (TPSA) is 64.6 Å². The molecule has 7 heteroatoms. The molecule has 1 atom stereocenters. The number of hydrogen-bond donors (Lipinski definition) is 1. The maximum absolute atomic E-state index is 12.1. The van der Waals surface area contributed by atoms with E-state index >= 15 is 0 Å². The highest BCUT2D eigenvalue weighted by Gasteiger charge is 2.22. The zero-order valence-corrected chi connectivity index (χ0v) is 13.3. The number of benzene rings is 1. The second-order valence-corrected chi connectivity index (χ2v) is 5.47. The first-order valence-corrected chi connectivity index (χ1v) is 7.22. The highest BCUT2D eigenvalue weighted by Crippen LogP contribution is 2.15. The summed E-state index contributed by atoms with van der Waals surface area (Å²) in [6.07, 6.45) is 0.500. The molecule has 5 nitrogen and oxygen atoms in total. The van der Waals surface area contributed by atoms with E-state index in [0.29, 0.717) is 12.0 Å². The van der Waals surface area contributed by atoms with Gasteiger partial charge in [-0.15, -0.1) is 0 Å². The molecule has 1 amide bonds. The first kappa shape index (κ1) is 18.9. The normalized spacial score (nSPS) is 12.1. The molecule has 128 valence electrons. The molecule has 1 unspecified atom stereocenters. The SMILES string of the molecule is COC(=O)C(CC(C)C)NC(=O)Cc1ccc(OC(F)F)cc1. The number of hydrogen-bond acceptors (Lipinski definition) is 4. The van der Waals surface area contributed by atoms with Crippen LogP contribution in [0.3, 0.4) is 0 Å². The summed E-state index contributed by atoms with van der Waals surface area (Å²) < 4.78 is 33.0. The summed E-state index contributed by atoms with van der Waals surface area (Å²) >= 11 is 0. The number of methoxy groups -OCH3 is 1. The molecule has 23 heavy (non-hydrogen) atoms. The Labute approximate surface area is 134 Å². The molecule has 0 aliphatic carbocycles. The number of carbonyl (C=O) groups is 2. The van der Waals surface area contributed by atoms with Crippen molar-refractivity contribution < 1.29 is 27.8 Å². The molecule has 1 aromatic rings. The second kappa shape index (κ2) is 9.07. The Morgan fingerprint density at radius 3 is 2.26 bits per heavy atom. The molecular formula is C16H21F2NO4. The van der Waals surface area contributed by atoms with E-state index in [-0.39, 0.29) is 24.0 Å². The summed E-state index contributed by atoms with van der Waals surface area (Å²) in [6, 6.07) is 5.06. The van der Waals surface area contributed by atoms with Gasteiger partial charge in [0.1, 0.15) is 11.8 Å². The van der Waals surface area contributed by atoms with Gasteiger partial charge in [0, 0.05) is 0 Å². The van der Waals surface area contributed by atoms with E-state index in [1.54, 1.807) is 0 Å². The van der Waals surface area contributed by atoms with Crippen LogP contribution in [0.15, 0.2) is 24.3 Å². The zero-order valence-electron chi connectivity index (χ0n) is 13.3. The van der Waals surface area contributed by atoms with Crippen LogP contribution in [0.1, 0.15) is 25.8 Å². The Bertz CT molecular complexity index is 517. The van der Waals surface area contributed by atoms with Crippen molar-refractivity contribution in [2.75, 3.05) is 7.11 Å². The van der Waals surface area contributed by atoms with Crippen LogP contribution < -0.4 is 10.1 Å². The third kappa shape index (κ3) is 7.08. The Morgan fingerprint density at radius 2 is 1.78 bits per heavy atom. The molecule has 0 aliphatic heterocycles. The minimum absolute atomic E-state index is 0.0244. The second-order valence-electron chi connectivity index (χ2n) is 5.47. The molecule has 0 saturated heterocycles. The number of nitrogens with one attached hydrogen (secondary N) is 1. The molecule has 0 spiro atoms. The molecule has 1 rings (SSSR count). The van der Waals surface area contributed by atoms with E-state index in [1.807, 2.05) is 13.8 Å². The van der Waals surface area contributed by atoms with Gasteiger partial charge in [-0.1, -0.05) is 26.0 Å². The predicted molar refractivity (Wildman–Crippen MR) is 80.2 cm³/mol. The minimum Gasteiger partial charge on any atom is -0.467 e. The summed E-state index contributed by atoms with van der Waals surface area (Å²) in [5, 5.41) is 2.63. The number of rotatable bonds is 8. The largest absolute Gasteiger partial charge is 0.467 e. The van der Waals surface area contributed by atoms with E-state index in [9.17, 15) is 18.4 Å². The van der Waals surface area contributed by atoms with Crippen molar-refractivity contribution >= 4 is 11.9 Å². The molecular weight excluding hydrogens is 308 g/mol. The van der Waals surface area contributed by atoms with Crippen LogP contribution in [0.25, 0.3) is 0 Å². The van der Waals surface area contributed by atoms with Crippen LogP contribution in [0.2, 0.25) is 0 Å². The quantitative estimate of drug-likeness (QED) is 0.745. The van der Waals surface area contributed by atoms with Gasteiger partial charge in [0.25, 0.3) is 0 Å². The Kier molecular flexibility index (Phi) is 7.44. The monoisotopic (exact) mass is 329 g/mol. The average molecular weight is 329 g/mol. The van der Waals surface area contributed by atoms with Crippen LogP contribution in [-0.2, 0) is 20.7 Å². The fourth-order valence-corrected chi connectivity index (χ4v) is 2.05. The Morgan fingerprint density at radius 1 is 1.17 bits per heavy atom. The third-order valence-electron chi connectivity index (χ3n) is 3.04. The van der Waals surface area contributed by atoms with Crippen molar-refractivity contribution in [2.24, 2.45) is 5.92 Å². The van der Waals surface area contributed by atoms with Gasteiger partial charge in [-0.05, 0) is 30.0 Å². The van der Waals surface area contributed by atoms with Crippen molar-refractivity contribution in [3.8, 4) is 5.75 Å². The molecule has 0 heterocycles. The predicted octanol–water partition coefficient (Wildman–Crippen LogP) is 2.53. The third-order valence-corrected chi connectivity index (χ3v) is 3.04. The summed E-state index contributed by atoms with van der Waals surface area (Å²) in [5.74, 6) is -0.599. The van der Waals surface area contributed by atoms with Gasteiger partial charge in [-0.3, -0.25) is 4.79 Å². The number of carbonyl (C=O) groups excluding carboxylic acids is 2. The molecule has 0 aliphatic rings. The van der Waals surface area contributed by atoms with Crippen LogP contribution in [0.5, 0.6) is 5.75 Å². The maximum atomic E-state index is 12.1. The molecule has 1 N–H and O–H groups in total. The Balaban J connectivity index is 2.61. The van der Waals surface area contributed by atoms with Crippen molar-refractivity contribution in [1.82, 2.24) is 5.32 Å². The van der Waals surface area contributed by atoms with Crippen LogP contribution in [-0.4, -0.2) is 31.6 Å². The van der Waals surface area contributed by atoms with Crippen molar-refractivity contribution in [2.45, 2.75) is 39.3 Å². The van der Waals surface area contributed by atoms with Gasteiger partial charge in [0.15, 0.2) is 0 Å².